The Morgan fingerprint density at radius 2 is 2.07 bits per heavy atom. The van der Waals surface area contributed by atoms with E-state index in [4.69, 9.17) is 11.6 Å². The van der Waals surface area contributed by atoms with Gasteiger partial charge in [0, 0.05) is 6.20 Å². The highest BCUT2D eigenvalue weighted by molar-refractivity contribution is 6.33. The van der Waals surface area contributed by atoms with Gasteiger partial charge in [-0.05, 0) is 12.8 Å². The molecule has 1 aliphatic carbocycles. The quantitative estimate of drug-likeness (QED) is 0.697. The lowest BCUT2D eigenvalue weighted by Gasteiger charge is -2.07. The molecule has 0 N–H and O–H groups in total. The standard InChI is InChI=1S/C10H11ClN4/c11-9-8-5-15(7-3-1-2-4-7)14-10(8)13-6-12-9/h5-7H,1-4H2. The molecule has 0 unspecified atom stereocenters. The third-order valence-electron chi connectivity index (χ3n) is 2.98. The van der Waals surface area contributed by atoms with Crippen LogP contribution in [0.3, 0.4) is 0 Å². The van der Waals surface area contributed by atoms with E-state index in [1.54, 1.807) is 0 Å². The van der Waals surface area contributed by atoms with E-state index in [0.717, 1.165) is 5.39 Å². The summed E-state index contributed by atoms with van der Waals surface area (Å²) in [6, 6.07) is 0.523. The maximum absolute atomic E-state index is 5.97. The van der Waals surface area contributed by atoms with Gasteiger partial charge in [0.15, 0.2) is 5.65 Å². The predicted octanol–water partition coefficient (Wildman–Crippen LogP) is 2.59. The van der Waals surface area contributed by atoms with Gasteiger partial charge in [-0.3, -0.25) is 4.68 Å². The summed E-state index contributed by atoms with van der Waals surface area (Å²) in [5.41, 5.74) is 0.696. The number of aromatic nitrogens is 4. The molecule has 1 fully saturated rings. The van der Waals surface area contributed by atoms with Gasteiger partial charge in [-0.2, -0.15) is 5.10 Å². The van der Waals surface area contributed by atoms with Crippen molar-refractivity contribution in [2.24, 2.45) is 0 Å². The fourth-order valence-corrected chi connectivity index (χ4v) is 2.36. The van der Waals surface area contributed by atoms with Gasteiger partial charge in [-0.1, -0.05) is 24.4 Å². The molecular formula is C10H11ClN4. The zero-order valence-corrected chi connectivity index (χ0v) is 8.98. The third kappa shape index (κ3) is 1.49. The van der Waals surface area contributed by atoms with Gasteiger partial charge in [-0.15, -0.1) is 0 Å². The van der Waals surface area contributed by atoms with Gasteiger partial charge in [-0.25, -0.2) is 9.97 Å². The summed E-state index contributed by atoms with van der Waals surface area (Å²) in [5, 5.41) is 5.78. The normalized spacial score (nSPS) is 17.7. The van der Waals surface area contributed by atoms with Crippen LogP contribution >= 0.6 is 11.6 Å². The van der Waals surface area contributed by atoms with E-state index in [9.17, 15) is 0 Å². The summed E-state index contributed by atoms with van der Waals surface area (Å²) >= 11 is 5.97. The molecule has 5 heteroatoms. The molecule has 0 spiro atoms. The average molecular weight is 223 g/mol. The second-order valence-corrected chi connectivity index (χ2v) is 4.31. The highest BCUT2D eigenvalue weighted by Gasteiger charge is 2.18. The highest BCUT2D eigenvalue weighted by Crippen LogP contribution is 2.30. The molecule has 2 aromatic rings. The molecule has 3 rings (SSSR count). The minimum atomic E-state index is 0.490. The lowest BCUT2D eigenvalue weighted by Crippen LogP contribution is -2.04. The van der Waals surface area contributed by atoms with Crippen LogP contribution in [0.5, 0.6) is 0 Å². The maximum Gasteiger partial charge on any atom is 0.185 e. The number of fused-ring (bicyclic) bond motifs is 1. The fraction of sp³-hybridized carbons (Fsp3) is 0.500. The molecule has 0 saturated heterocycles. The summed E-state index contributed by atoms with van der Waals surface area (Å²) in [6.07, 6.45) is 8.42. The van der Waals surface area contributed by atoms with Crippen molar-refractivity contribution in [1.82, 2.24) is 19.7 Å². The second-order valence-electron chi connectivity index (χ2n) is 3.95. The summed E-state index contributed by atoms with van der Waals surface area (Å²) in [7, 11) is 0. The lowest BCUT2D eigenvalue weighted by molar-refractivity contribution is 0.470. The summed E-state index contributed by atoms with van der Waals surface area (Å²) in [4.78, 5) is 8.05. The molecule has 0 atom stereocenters. The Morgan fingerprint density at radius 3 is 2.80 bits per heavy atom. The molecule has 0 aliphatic heterocycles. The van der Waals surface area contributed by atoms with E-state index >= 15 is 0 Å². The molecule has 1 saturated carbocycles. The van der Waals surface area contributed by atoms with Crippen molar-refractivity contribution in [3.63, 3.8) is 0 Å². The molecule has 4 nitrogen and oxygen atoms in total. The summed E-state index contributed by atoms with van der Waals surface area (Å²) < 4.78 is 2.00. The Hall–Kier alpha value is -1.16. The fourth-order valence-electron chi connectivity index (χ4n) is 2.18. The number of hydrogen-bond donors (Lipinski definition) is 0. The number of halogens is 1. The van der Waals surface area contributed by atoms with Crippen molar-refractivity contribution < 1.29 is 0 Å². The lowest BCUT2D eigenvalue weighted by atomic mass is 10.3. The highest BCUT2D eigenvalue weighted by atomic mass is 35.5. The molecular weight excluding hydrogens is 212 g/mol. The number of nitrogens with zero attached hydrogens (tertiary/aromatic N) is 4. The first kappa shape index (κ1) is 9.09. The second kappa shape index (κ2) is 3.45. The Bertz CT molecular complexity index is 487. The van der Waals surface area contributed by atoms with E-state index in [0.29, 0.717) is 16.8 Å². The van der Waals surface area contributed by atoms with Gasteiger partial charge in [0.05, 0.1) is 11.4 Å². The van der Waals surface area contributed by atoms with E-state index in [1.807, 2.05) is 10.9 Å². The van der Waals surface area contributed by atoms with Crippen LogP contribution in [0.1, 0.15) is 31.7 Å². The van der Waals surface area contributed by atoms with E-state index in [-0.39, 0.29) is 0 Å². The summed E-state index contributed by atoms with van der Waals surface area (Å²) in [6.45, 7) is 0. The van der Waals surface area contributed by atoms with Crippen LogP contribution in [-0.2, 0) is 0 Å². The van der Waals surface area contributed by atoms with E-state index in [2.05, 4.69) is 15.1 Å². The van der Waals surface area contributed by atoms with Crippen molar-refractivity contribution in [2.45, 2.75) is 31.7 Å². The van der Waals surface area contributed by atoms with Crippen LogP contribution in [0.25, 0.3) is 11.0 Å². The first-order chi connectivity index (χ1) is 7.34. The van der Waals surface area contributed by atoms with Crippen molar-refractivity contribution >= 4 is 22.6 Å². The predicted molar refractivity (Wildman–Crippen MR) is 57.8 cm³/mol. The van der Waals surface area contributed by atoms with Gasteiger partial charge in [0.1, 0.15) is 11.5 Å². The topological polar surface area (TPSA) is 43.6 Å². The van der Waals surface area contributed by atoms with Crippen molar-refractivity contribution in [3.8, 4) is 0 Å². The zero-order valence-electron chi connectivity index (χ0n) is 8.23. The van der Waals surface area contributed by atoms with Crippen LogP contribution in [0, 0.1) is 0 Å². The number of rotatable bonds is 1. The van der Waals surface area contributed by atoms with Gasteiger partial charge < -0.3 is 0 Å². The van der Waals surface area contributed by atoms with Crippen molar-refractivity contribution in [3.05, 3.63) is 17.7 Å². The molecule has 15 heavy (non-hydrogen) atoms. The minimum absolute atomic E-state index is 0.490. The number of hydrogen-bond acceptors (Lipinski definition) is 3. The Labute approximate surface area is 92.3 Å². The molecule has 2 heterocycles. The van der Waals surface area contributed by atoms with Gasteiger partial charge in [0.2, 0.25) is 0 Å². The molecule has 0 radical (unpaired) electrons. The van der Waals surface area contributed by atoms with Crippen LogP contribution in [0.15, 0.2) is 12.5 Å². The Kier molecular flexibility index (Phi) is 2.09. The smallest absolute Gasteiger partial charge is 0.185 e. The minimum Gasteiger partial charge on any atom is -0.267 e. The van der Waals surface area contributed by atoms with Crippen LogP contribution in [-0.4, -0.2) is 19.7 Å². The first-order valence-electron chi connectivity index (χ1n) is 5.20. The van der Waals surface area contributed by atoms with Gasteiger partial charge >= 0.3 is 0 Å². The SMILES string of the molecule is Clc1ncnc2nn(C3CCCC3)cc12. The largest absolute Gasteiger partial charge is 0.267 e. The monoisotopic (exact) mass is 222 g/mol. The van der Waals surface area contributed by atoms with Gasteiger partial charge in [0.25, 0.3) is 0 Å². The van der Waals surface area contributed by atoms with Crippen LogP contribution in [0.2, 0.25) is 5.15 Å². The average Bonchev–Trinajstić information content (AvgIpc) is 2.86. The molecule has 0 amide bonds. The van der Waals surface area contributed by atoms with E-state index < -0.39 is 0 Å². The van der Waals surface area contributed by atoms with Crippen LogP contribution in [0.4, 0.5) is 0 Å². The molecule has 0 aromatic carbocycles. The van der Waals surface area contributed by atoms with Crippen molar-refractivity contribution in [1.29, 1.82) is 0 Å². The maximum atomic E-state index is 5.97. The Morgan fingerprint density at radius 1 is 1.27 bits per heavy atom. The molecule has 1 aliphatic rings. The zero-order chi connectivity index (χ0) is 10.3. The van der Waals surface area contributed by atoms with Crippen molar-refractivity contribution in [2.75, 3.05) is 0 Å². The molecule has 0 bridgehead atoms. The van der Waals surface area contributed by atoms with Crippen LogP contribution < -0.4 is 0 Å². The molecule has 78 valence electrons. The third-order valence-corrected chi connectivity index (χ3v) is 3.29. The molecule has 2 aromatic heterocycles. The van der Waals surface area contributed by atoms with E-state index in [1.165, 1.54) is 32.0 Å². The first-order valence-corrected chi connectivity index (χ1v) is 5.58. The Balaban J connectivity index is 2.09. The summed E-state index contributed by atoms with van der Waals surface area (Å²) in [5.74, 6) is 0.